The summed E-state index contributed by atoms with van der Waals surface area (Å²) >= 11 is 3.49. The van der Waals surface area contributed by atoms with Crippen molar-refractivity contribution in [3.05, 3.63) is 76.8 Å². The second-order valence-corrected chi connectivity index (χ2v) is 8.53. The molecule has 3 aromatic rings. The molecule has 1 heterocycles. The molecule has 7 nitrogen and oxygen atoms in total. The molecule has 4 rings (SSSR count). The van der Waals surface area contributed by atoms with Crippen LogP contribution in [0, 0.1) is 0 Å². The molecule has 176 valence electrons. The van der Waals surface area contributed by atoms with Crippen molar-refractivity contribution >= 4 is 39.1 Å². The number of halogens is 1. The van der Waals surface area contributed by atoms with Gasteiger partial charge in [-0.1, -0.05) is 28.1 Å². The molecule has 0 aliphatic carbocycles. The first kappa shape index (κ1) is 23.6. The van der Waals surface area contributed by atoms with Crippen LogP contribution in [-0.4, -0.2) is 39.2 Å². The van der Waals surface area contributed by atoms with Crippen molar-refractivity contribution in [2.45, 2.75) is 13.0 Å². The first-order valence-corrected chi connectivity index (χ1v) is 11.6. The summed E-state index contributed by atoms with van der Waals surface area (Å²) in [6.45, 7) is 2.32. The standard InChI is InChI=1S/C26H25BrN2O5/c1-4-34-20-10-8-19(9-11-20)29-24(30)16-28(22-13-12-21(32-2)15-23(22)33-3)26(31)25(29)17-6-5-7-18(27)14-17/h5-15,25H,4,16H2,1-3H3/t25-/m0/s1. The first-order valence-electron chi connectivity index (χ1n) is 10.8. The molecule has 1 atom stereocenters. The Morgan fingerprint density at radius 3 is 2.32 bits per heavy atom. The zero-order valence-electron chi connectivity index (χ0n) is 19.2. The van der Waals surface area contributed by atoms with Gasteiger partial charge < -0.3 is 14.2 Å². The lowest BCUT2D eigenvalue weighted by Gasteiger charge is -2.40. The molecule has 3 aromatic carbocycles. The summed E-state index contributed by atoms with van der Waals surface area (Å²) in [5, 5.41) is 0. The van der Waals surface area contributed by atoms with E-state index in [4.69, 9.17) is 14.2 Å². The van der Waals surface area contributed by atoms with E-state index in [2.05, 4.69) is 15.9 Å². The van der Waals surface area contributed by atoms with Crippen LogP contribution in [-0.2, 0) is 9.59 Å². The second kappa shape index (κ2) is 10.2. The molecule has 0 aromatic heterocycles. The van der Waals surface area contributed by atoms with Gasteiger partial charge in [-0.25, -0.2) is 0 Å². The van der Waals surface area contributed by atoms with Gasteiger partial charge in [0.2, 0.25) is 5.91 Å². The summed E-state index contributed by atoms with van der Waals surface area (Å²) in [7, 11) is 3.08. The number of benzene rings is 3. The van der Waals surface area contributed by atoms with E-state index >= 15 is 0 Å². The molecule has 1 fully saturated rings. The zero-order valence-corrected chi connectivity index (χ0v) is 20.7. The van der Waals surface area contributed by atoms with E-state index in [1.54, 1.807) is 54.5 Å². The third-order valence-electron chi connectivity index (χ3n) is 5.59. The Bertz CT molecular complexity index is 1200. The number of hydrogen-bond donors (Lipinski definition) is 0. The summed E-state index contributed by atoms with van der Waals surface area (Å²) in [6.07, 6.45) is 0. The van der Waals surface area contributed by atoms with Crippen LogP contribution >= 0.6 is 15.9 Å². The van der Waals surface area contributed by atoms with Gasteiger partial charge in [0.05, 0.1) is 26.5 Å². The fourth-order valence-electron chi connectivity index (χ4n) is 4.03. The van der Waals surface area contributed by atoms with Gasteiger partial charge in [-0.05, 0) is 61.0 Å². The Morgan fingerprint density at radius 1 is 0.941 bits per heavy atom. The van der Waals surface area contributed by atoms with Crippen LogP contribution in [0.5, 0.6) is 17.2 Å². The van der Waals surface area contributed by atoms with Gasteiger partial charge in [-0.2, -0.15) is 0 Å². The smallest absolute Gasteiger partial charge is 0.255 e. The second-order valence-electron chi connectivity index (χ2n) is 7.61. The van der Waals surface area contributed by atoms with Crippen molar-refractivity contribution in [2.24, 2.45) is 0 Å². The molecule has 0 N–H and O–H groups in total. The highest BCUT2D eigenvalue weighted by atomic mass is 79.9. The van der Waals surface area contributed by atoms with Crippen LogP contribution < -0.4 is 24.0 Å². The Hall–Kier alpha value is -3.52. The number of anilines is 2. The Kier molecular flexibility index (Phi) is 7.07. The molecule has 1 saturated heterocycles. The van der Waals surface area contributed by atoms with E-state index in [0.29, 0.717) is 40.8 Å². The molecule has 8 heteroatoms. The molecule has 34 heavy (non-hydrogen) atoms. The molecule has 1 aliphatic rings. The minimum absolute atomic E-state index is 0.126. The number of methoxy groups -OCH3 is 2. The first-order chi connectivity index (χ1) is 16.5. The normalized spacial score (nSPS) is 15.9. The molecule has 0 saturated carbocycles. The van der Waals surface area contributed by atoms with Crippen LogP contribution in [0.25, 0.3) is 0 Å². The molecular weight excluding hydrogens is 500 g/mol. The van der Waals surface area contributed by atoms with Gasteiger partial charge >= 0.3 is 0 Å². The van der Waals surface area contributed by atoms with Crippen molar-refractivity contribution in [1.82, 2.24) is 0 Å². The largest absolute Gasteiger partial charge is 0.497 e. The maximum absolute atomic E-state index is 14.0. The highest BCUT2D eigenvalue weighted by molar-refractivity contribution is 9.10. The van der Waals surface area contributed by atoms with Crippen LogP contribution in [0.2, 0.25) is 0 Å². The van der Waals surface area contributed by atoms with Crippen LogP contribution in [0.3, 0.4) is 0 Å². The highest BCUT2D eigenvalue weighted by Gasteiger charge is 2.42. The molecule has 0 spiro atoms. The van der Waals surface area contributed by atoms with Crippen molar-refractivity contribution in [1.29, 1.82) is 0 Å². The average Bonchev–Trinajstić information content (AvgIpc) is 2.85. The van der Waals surface area contributed by atoms with Crippen molar-refractivity contribution in [2.75, 3.05) is 37.2 Å². The predicted octanol–water partition coefficient (Wildman–Crippen LogP) is 4.99. The summed E-state index contributed by atoms with van der Waals surface area (Å²) in [5.41, 5.74) is 1.82. The lowest BCUT2D eigenvalue weighted by atomic mass is 9.99. The van der Waals surface area contributed by atoms with E-state index < -0.39 is 6.04 Å². The Morgan fingerprint density at radius 2 is 1.68 bits per heavy atom. The minimum Gasteiger partial charge on any atom is -0.497 e. The maximum Gasteiger partial charge on any atom is 0.255 e. The molecular formula is C26H25BrN2O5. The summed E-state index contributed by atoms with van der Waals surface area (Å²) in [4.78, 5) is 30.5. The summed E-state index contributed by atoms with van der Waals surface area (Å²) in [6, 6.07) is 18.9. The van der Waals surface area contributed by atoms with Gasteiger partial charge in [0.15, 0.2) is 0 Å². The van der Waals surface area contributed by atoms with Gasteiger partial charge in [0, 0.05) is 16.2 Å². The highest BCUT2D eigenvalue weighted by Crippen LogP contribution is 2.39. The van der Waals surface area contributed by atoms with Crippen molar-refractivity contribution in [3.63, 3.8) is 0 Å². The molecule has 0 unspecified atom stereocenters. The number of carbonyl (C=O) groups is 2. The van der Waals surface area contributed by atoms with Crippen molar-refractivity contribution in [3.8, 4) is 17.2 Å². The number of ether oxygens (including phenoxy) is 3. The quantitative estimate of drug-likeness (QED) is 0.435. The number of piperazine rings is 1. The minimum atomic E-state index is -0.858. The fourth-order valence-corrected chi connectivity index (χ4v) is 4.45. The maximum atomic E-state index is 14.0. The van der Waals surface area contributed by atoms with Crippen LogP contribution in [0.1, 0.15) is 18.5 Å². The number of carbonyl (C=O) groups excluding carboxylic acids is 2. The number of rotatable bonds is 7. The SMILES string of the molecule is CCOc1ccc(N2C(=O)CN(c3ccc(OC)cc3OC)C(=O)[C@@H]2c2cccc(Br)c2)cc1. The molecule has 0 bridgehead atoms. The van der Waals surface area contributed by atoms with Gasteiger partial charge in [-0.3, -0.25) is 19.4 Å². The number of nitrogens with zero attached hydrogens (tertiary/aromatic N) is 2. The Balaban J connectivity index is 1.80. The van der Waals surface area contributed by atoms with Gasteiger partial charge in [-0.15, -0.1) is 0 Å². The lowest BCUT2D eigenvalue weighted by molar-refractivity contribution is -0.128. The number of amides is 2. The lowest BCUT2D eigenvalue weighted by Crippen LogP contribution is -2.56. The fraction of sp³-hybridized carbons (Fsp3) is 0.231. The Labute approximate surface area is 207 Å². The number of hydrogen-bond acceptors (Lipinski definition) is 5. The van der Waals surface area contributed by atoms with E-state index in [1.165, 1.54) is 12.0 Å². The third-order valence-corrected chi connectivity index (χ3v) is 6.08. The van der Waals surface area contributed by atoms with Crippen LogP contribution in [0.4, 0.5) is 11.4 Å². The zero-order chi connectivity index (χ0) is 24.2. The monoisotopic (exact) mass is 524 g/mol. The third kappa shape index (κ3) is 4.59. The van der Waals surface area contributed by atoms with Crippen molar-refractivity contribution < 1.29 is 23.8 Å². The molecule has 2 amide bonds. The van der Waals surface area contributed by atoms with E-state index in [9.17, 15) is 9.59 Å². The van der Waals surface area contributed by atoms with Gasteiger partial charge in [0.1, 0.15) is 29.8 Å². The van der Waals surface area contributed by atoms with E-state index in [1.807, 2.05) is 31.2 Å². The molecule has 0 radical (unpaired) electrons. The predicted molar refractivity (Wildman–Crippen MR) is 134 cm³/mol. The van der Waals surface area contributed by atoms with E-state index in [-0.39, 0.29) is 18.4 Å². The van der Waals surface area contributed by atoms with Gasteiger partial charge in [0.25, 0.3) is 5.91 Å². The van der Waals surface area contributed by atoms with Crippen LogP contribution in [0.15, 0.2) is 71.2 Å². The average molecular weight is 525 g/mol. The molecule has 1 aliphatic heterocycles. The summed E-state index contributed by atoms with van der Waals surface area (Å²) in [5.74, 6) is 1.28. The topological polar surface area (TPSA) is 68.3 Å². The van der Waals surface area contributed by atoms with E-state index in [0.717, 1.165) is 4.47 Å². The summed E-state index contributed by atoms with van der Waals surface area (Å²) < 4.78 is 17.1.